The summed E-state index contributed by atoms with van der Waals surface area (Å²) in [5.41, 5.74) is 3.84. The lowest BCUT2D eigenvalue weighted by Gasteiger charge is -2.07. The maximum atomic E-state index is 12.4. The molecule has 4 aromatic rings. The van der Waals surface area contributed by atoms with Crippen molar-refractivity contribution in [3.63, 3.8) is 0 Å². The Labute approximate surface area is 171 Å². The molecular formula is C21H18N4O3S. The zero-order valence-electron chi connectivity index (χ0n) is 15.9. The average Bonchev–Trinajstić information content (AvgIpc) is 3.17. The van der Waals surface area contributed by atoms with Gasteiger partial charge in [-0.3, -0.25) is 9.20 Å². The van der Waals surface area contributed by atoms with Gasteiger partial charge in [0.05, 0.1) is 23.9 Å². The van der Waals surface area contributed by atoms with E-state index in [1.54, 1.807) is 24.3 Å². The second-order valence-electron chi connectivity index (χ2n) is 6.43. The topological polar surface area (TPSA) is 85.6 Å². The monoisotopic (exact) mass is 406 g/mol. The second-order valence-corrected chi connectivity index (χ2v) is 7.38. The van der Waals surface area contributed by atoms with E-state index in [1.165, 1.54) is 18.9 Å². The van der Waals surface area contributed by atoms with Crippen LogP contribution < -0.4 is 5.32 Å². The third-order valence-corrected chi connectivity index (χ3v) is 5.39. The van der Waals surface area contributed by atoms with Crippen LogP contribution in [0.1, 0.15) is 15.9 Å². The van der Waals surface area contributed by atoms with Gasteiger partial charge in [0.1, 0.15) is 0 Å². The Morgan fingerprint density at radius 2 is 1.86 bits per heavy atom. The number of carbonyl (C=O) groups excluding carboxylic acids is 2. The number of rotatable bonds is 5. The number of nitrogens with one attached hydrogen (secondary N) is 1. The molecule has 0 radical (unpaired) electrons. The minimum Gasteiger partial charge on any atom is -0.465 e. The van der Waals surface area contributed by atoms with Gasteiger partial charge in [0.15, 0.2) is 10.8 Å². The van der Waals surface area contributed by atoms with E-state index in [0.717, 1.165) is 22.1 Å². The van der Waals surface area contributed by atoms with Crippen LogP contribution in [0.15, 0.2) is 59.8 Å². The molecule has 0 aliphatic rings. The molecule has 0 atom stereocenters. The molecule has 1 amide bonds. The summed E-state index contributed by atoms with van der Waals surface area (Å²) >= 11 is 1.32. The first-order valence-corrected chi connectivity index (χ1v) is 9.90. The van der Waals surface area contributed by atoms with Crippen LogP contribution in [0.2, 0.25) is 0 Å². The SMILES string of the molecule is COC(=O)c1ccc(NC(=O)CSc2nnc3c(C)cc4ccccc4n23)cc1. The number of thioether (sulfide) groups is 1. The fourth-order valence-corrected chi connectivity index (χ4v) is 3.83. The third kappa shape index (κ3) is 3.79. The van der Waals surface area contributed by atoms with E-state index in [1.807, 2.05) is 35.6 Å². The van der Waals surface area contributed by atoms with Gasteiger partial charge >= 0.3 is 5.97 Å². The fourth-order valence-electron chi connectivity index (χ4n) is 3.08. The predicted molar refractivity (Wildman–Crippen MR) is 112 cm³/mol. The molecular weight excluding hydrogens is 388 g/mol. The maximum absolute atomic E-state index is 12.4. The van der Waals surface area contributed by atoms with Crippen LogP contribution in [0.25, 0.3) is 16.6 Å². The number of aromatic nitrogens is 3. The summed E-state index contributed by atoms with van der Waals surface area (Å²) < 4.78 is 6.65. The van der Waals surface area contributed by atoms with Gasteiger partial charge in [-0.25, -0.2) is 4.79 Å². The highest BCUT2D eigenvalue weighted by atomic mass is 32.2. The summed E-state index contributed by atoms with van der Waals surface area (Å²) in [6, 6.07) is 16.6. The molecule has 2 aromatic heterocycles. The smallest absolute Gasteiger partial charge is 0.337 e. The zero-order chi connectivity index (χ0) is 20.4. The van der Waals surface area contributed by atoms with Crippen LogP contribution in [-0.4, -0.2) is 39.3 Å². The molecule has 0 fully saturated rings. The number of nitrogens with zero attached hydrogens (tertiary/aromatic N) is 3. The van der Waals surface area contributed by atoms with Crippen LogP contribution in [0, 0.1) is 6.92 Å². The van der Waals surface area contributed by atoms with Crippen molar-refractivity contribution in [2.75, 3.05) is 18.2 Å². The number of amides is 1. The van der Waals surface area contributed by atoms with E-state index in [9.17, 15) is 9.59 Å². The van der Waals surface area contributed by atoms with Gasteiger partial charge in [-0.2, -0.15) is 0 Å². The summed E-state index contributed by atoms with van der Waals surface area (Å²) in [7, 11) is 1.33. The molecule has 29 heavy (non-hydrogen) atoms. The molecule has 0 unspecified atom stereocenters. The van der Waals surface area contributed by atoms with E-state index < -0.39 is 5.97 Å². The molecule has 8 heteroatoms. The summed E-state index contributed by atoms with van der Waals surface area (Å²) in [5, 5.41) is 13.1. The Hall–Kier alpha value is -3.39. The minimum atomic E-state index is -0.417. The highest BCUT2D eigenvalue weighted by Gasteiger charge is 2.14. The third-order valence-electron chi connectivity index (χ3n) is 4.46. The van der Waals surface area contributed by atoms with Crippen molar-refractivity contribution in [1.82, 2.24) is 14.6 Å². The number of pyridine rings is 1. The lowest BCUT2D eigenvalue weighted by molar-refractivity contribution is -0.113. The van der Waals surface area contributed by atoms with Crippen LogP contribution >= 0.6 is 11.8 Å². The lowest BCUT2D eigenvalue weighted by atomic mass is 10.1. The van der Waals surface area contributed by atoms with E-state index in [4.69, 9.17) is 0 Å². The van der Waals surface area contributed by atoms with Gasteiger partial charge in [0.2, 0.25) is 5.91 Å². The van der Waals surface area contributed by atoms with Crippen molar-refractivity contribution in [3.8, 4) is 0 Å². The van der Waals surface area contributed by atoms with Crippen LogP contribution in [-0.2, 0) is 9.53 Å². The molecule has 0 aliphatic carbocycles. The largest absolute Gasteiger partial charge is 0.465 e. The predicted octanol–water partition coefficient (Wildman–Crippen LogP) is 3.71. The number of carbonyl (C=O) groups is 2. The van der Waals surface area contributed by atoms with Crippen LogP contribution in [0.3, 0.4) is 0 Å². The number of ether oxygens (including phenoxy) is 1. The maximum Gasteiger partial charge on any atom is 0.337 e. The second kappa shape index (κ2) is 7.92. The number of methoxy groups -OCH3 is 1. The Balaban J connectivity index is 1.50. The molecule has 1 N–H and O–H groups in total. The molecule has 0 bridgehead atoms. The van der Waals surface area contributed by atoms with E-state index in [-0.39, 0.29) is 11.7 Å². The van der Waals surface area contributed by atoms with Gasteiger partial charge in [-0.05, 0) is 54.3 Å². The number of para-hydroxylation sites is 1. The van der Waals surface area contributed by atoms with Gasteiger partial charge in [0, 0.05) is 5.69 Å². The molecule has 2 aromatic carbocycles. The molecule has 7 nitrogen and oxygen atoms in total. The number of aryl methyl sites for hydroxylation is 1. The Bertz CT molecular complexity index is 1220. The number of benzene rings is 2. The highest BCUT2D eigenvalue weighted by molar-refractivity contribution is 7.99. The summed E-state index contributed by atoms with van der Waals surface area (Å²) in [6.45, 7) is 2.00. The fraction of sp³-hybridized carbons (Fsp3) is 0.143. The standard InChI is InChI=1S/C21H18N4O3S/c1-13-11-15-5-3-4-6-17(15)25-19(13)23-24-21(25)29-12-18(26)22-16-9-7-14(8-10-16)20(27)28-2/h3-11H,12H2,1-2H3,(H,22,26). The van der Waals surface area contributed by atoms with Crippen molar-refractivity contribution >= 4 is 45.9 Å². The van der Waals surface area contributed by atoms with Crippen molar-refractivity contribution in [1.29, 1.82) is 0 Å². The number of hydrogen-bond acceptors (Lipinski definition) is 6. The number of hydrogen-bond donors (Lipinski definition) is 1. The van der Waals surface area contributed by atoms with Gasteiger partial charge in [0.25, 0.3) is 0 Å². The minimum absolute atomic E-state index is 0.172. The first kappa shape index (κ1) is 18.9. The first-order chi connectivity index (χ1) is 14.1. The normalized spacial score (nSPS) is 11.0. The van der Waals surface area contributed by atoms with E-state index in [2.05, 4.69) is 26.3 Å². The summed E-state index contributed by atoms with van der Waals surface area (Å²) in [6.07, 6.45) is 0. The average molecular weight is 406 g/mol. The quantitative estimate of drug-likeness (QED) is 0.402. The lowest BCUT2D eigenvalue weighted by Crippen LogP contribution is -2.14. The molecule has 2 heterocycles. The highest BCUT2D eigenvalue weighted by Crippen LogP contribution is 2.25. The van der Waals surface area contributed by atoms with Crippen molar-refractivity contribution in [3.05, 3.63) is 65.7 Å². The molecule has 0 saturated heterocycles. The molecule has 0 saturated carbocycles. The van der Waals surface area contributed by atoms with Crippen molar-refractivity contribution < 1.29 is 14.3 Å². The number of esters is 1. The van der Waals surface area contributed by atoms with Gasteiger partial charge in [-0.1, -0.05) is 30.0 Å². The summed E-state index contributed by atoms with van der Waals surface area (Å²) in [4.78, 5) is 23.8. The Kier molecular flexibility index (Phi) is 5.18. The van der Waals surface area contributed by atoms with Crippen LogP contribution in [0.5, 0.6) is 0 Å². The van der Waals surface area contributed by atoms with Gasteiger partial charge < -0.3 is 10.1 Å². The zero-order valence-corrected chi connectivity index (χ0v) is 16.7. The molecule has 146 valence electrons. The summed E-state index contributed by atoms with van der Waals surface area (Å²) in [5.74, 6) is -0.406. The first-order valence-electron chi connectivity index (χ1n) is 8.91. The van der Waals surface area contributed by atoms with Gasteiger partial charge in [-0.15, -0.1) is 10.2 Å². The van der Waals surface area contributed by atoms with Crippen molar-refractivity contribution in [2.45, 2.75) is 12.1 Å². The number of fused-ring (bicyclic) bond motifs is 3. The molecule has 4 rings (SSSR count). The van der Waals surface area contributed by atoms with E-state index in [0.29, 0.717) is 16.4 Å². The van der Waals surface area contributed by atoms with E-state index >= 15 is 0 Å². The Morgan fingerprint density at radius 1 is 1.10 bits per heavy atom. The molecule has 0 aliphatic heterocycles. The Morgan fingerprint density at radius 3 is 2.62 bits per heavy atom. The van der Waals surface area contributed by atoms with Crippen LogP contribution in [0.4, 0.5) is 5.69 Å². The molecule has 0 spiro atoms. The number of anilines is 1. The van der Waals surface area contributed by atoms with Crippen molar-refractivity contribution in [2.24, 2.45) is 0 Å².